The molecule has 0 aromatic heterocycles. The van der Waals surface area contributed by atoms with Crippen LogP contribution in [0.1, 0.15) is 6.92 Å². The van der Waals surface area contributed by atoms with Gasteiger partial charge in [0.05, 0.1) is 13.2 Å². The van der Waals surface area contributed by atoms with Crippen molar-refractivity contribution in [3.05, 3.63) is 17.5 Å². The Kier molecular flexibility index (Phi) is 2.59. The summed E-state index contributed by atoms with van der Waals surface area (Å²) in [6.45, 7) is 3.72. The Morgan fingerprint density at radius 2 is 2.55 bits per heavy atom. The molecule has 1 aliphatic rings. The van der Waals surface area contributed by atoms with Crippen molar-refractivity contribution in [3.8, 4) is 0 Å². The van der Waals surface area contributed by atoms with Crippen molar-refractivity contribution < 1.29 is 9.84 Å². The first kappa shape index (κ1) is 8.20. The van der Waals surface area contributed by atoms with Crippen LogP contribution in [-0.2, 0) is 4.74 Å². The highest BCUT2D eigenvalue weighted by Gasteiger charge is 2.12. The summed E-state index contributed by atoms with van der Waals surface area (Å²) in [7, 11) is 0. The third kappa shape index (κ3) is 2.01. The quantitative estimate of drug-likeness (QED) is 0.628. The zero-order valence-electron chi connectivity index (χ0n) is 5.97. The fourth-order valence-electron chi connectivity index (χ4n) is 0.582. The van der Waals surface area contributed by atoms with E-state index in [1.165, 1.54) is 6.54 Å². The summed E-state index contributed by atoms with van der Waals surface area (Å²) in [6.07, 6.45) is 0. The second-order valence-corrected chi connectivity index (χ2v) is 2.22. The van der Waals surface area contributed by atoms with Gasteiger partial charge in [-0.15, -0.1) is 0 Å². The molecule has 5 heteroatoms. The van der Waals surface area contributed by atoms with E-state index < -0.39 is 0 Å². The Bertz CT molecular complexity index is 209. The van der Waals surface area contributed by atoms with E-state index in [0.29, 0.717) is 6.61 Å². The zero-order chi connectivity index (χ0) is 8.27. The number of nitrogens with zero attached hydrogens (tertiary/aromatic N) is 1. The minimum atomic E-state index is -0.228. The summed E-state index contributed by atoms with van der Waals surface area (Å²) >= 11 is 5.48. The minimum absolute atomic E-state index is 0.174. The van der Waals surface area contributed by atoms with Gasteiger partial charge in [0, 0.05) is 0 Å². The lowest BCUT2D eigenvalue weighted by atomic mass is 10.5. The third-order valence-corrected chi connectivity index (χ3v) is 1.30. The summed E-state index contributed by atoms with van der Waals surface area (Å²) in [5.74, 6) is -0.228. The van der Waals surface area contributed by atoms with Crippen molar-refractivity contribution >= 4 is 17.6 Å². The van der Waals surface area contributed by atoms with Gasteiger partial charge in [0.2, 0.25) is 5.88 Å². The number of aliphatic imine (C=N–C) groups is 1. The lowest BCUT2D eigenvalue weighted by Crippen LogP contribution is -2.27. The summed E-state index contributed by atoms with van der Waals surface area (Å²) in [5, 5.41) is 11.8. The molecule has 2 N–H and O–H groups in total. The zero-order valence-corrected chi connectivity index (χ0v) is 6.72. The molecule has 1 radical (unpaired) electrons. The first-order chi connectivity index (χ1) is 5.24. The molecular formula is C6H8ClN2O2. The van der Waals surface area contributed by atoms with E-state index in [2.05, 4.69) is 10.3 Å². The molecule has 0 aromatic carbocycles. The Hall–Kier alpha value is -0.900. The molecule has 0 saturated carbocycles. The number of ether oxygens (including phenoxy) is 1. The van der Waals surface area contributed by atoms with Crippen LogP contribution in [0.2, 0.25) is 0 Å². The van der Waals surface area contributed by atoms with E-state index in [-0.39, 0.29) is 16.9 Å². The van der Waals surface area contributed by atoms with Crippen LogP contribution in [0, 0.1) is 6.54 Å². The summed E-state index contributed by atoms with van der Waals surface area (Å²) in [4.78, 5) is 3.61. The molecule has 0 aliphatic carbocycles. The van der Waals surface area contributed by atoms with Gasteiger partial charge in [-0.25, -0.2) is 0 Å². The molecule has 0 unspecified atom stereocenters. The maximum Gasteiger partial charge on any atom is 0.293 e. The van der Waals surface area contributed by atoms with Crippen molar-refractivity contribution in [1.82, 2.24) is 5.32 Å². The molecule has 0 saturated heterocycles. The molecule has 0 spiro atoms. The Morgan fingerprint density at radius 1 is 1.82 bits per heavy atom. The minimum Gasteiger partial charge on any atom is -0.492 e. The topological polar surface area (TPSA) is 53.9 Å². The molecule has 11 heavy (non-hydrogen) atoms. The number of amidine groups is 1. The predicted octanol–water partition coefficient (Wildman–Crippen LogP) is 1.11. The smallest absolute Gasteiger partial charge is 0.293 e. The molecule has 0 fully saturated rings. The van der Waals surface area contributed by atoms with Gasteiger partial charge in [-0.2, -0.15) is 4.99 Å². The van der Waals surface area contributed by atoms with Gasteiger partial charge in [-0.05, 0) is 6.92 Å². The van der Waals surface area contributed by atoms with Gasteiger partial charge in [-0.1, -0.05) is 11.6 Å². The molecule has 1 rings (SSSR count). The number of aliphatic hydroxyl groups is 1. The van der Waals surface area contributed by atoms with Crippen LogP contribution < -0.4 is 5.32 Å². The number of hydrogen-bond acceptors (Lipinski definition) is 4. The molecular weight excluding hydrogens is 168 g/mol. The van der Waals surface area contributed by atoms with Gasteiger partial charge in [0.15, 0.2) is 0 Å². The van der Waals surface area contributed by atoms with Crippen molar-refractivity contribution in [1.29, 1.82) is 0 Å². The maximum absolute atomic E-state index is 8.98. The van der Waals surface area contributed by atoms with Crippen molar-refractivity contribution in [3.63, 3.8) is 0 Å². The molecule has 0 aromatic rings. The lowest BCUT2D eigenvalue weighted by molar-refractivity contribution is 0.303. The standard InChI is InChI=1S/C6H8ClN2O2/c1-2-11-6-8-3-4(7)5(10)9-6/h3,10H,2H2,1H3,(H,8,9). The highest BCUT2D eigenvalue weighted by Crippen LogP contribution is 2.13. The van der Waals surface area contributed by atoms with Gasteiger partial charge < -0.3 is 15.2 Å². The molecule has 0 amide bonds. The van der Waals surface area contributed by atoms with Gasteiger partial charge in [0.25, 0.3) is 6.02 Å². The van der Waals surface area contributed by atoms with E-state index in [1.54, 1.807) is 0 Å². The average molecular weight is 176 g/mol. The van der Waals surface area contributed by atoms with Crippen molar-refractivity contribution in [2.45, 2.75) is 6.92 Å². The third-order valence-electron chi connectivity index (χ3n) is 1.02. The van der Waals surface area contributed by atoms with E-state index in [4.69, 9.17) is 21.4 Å². The van der Waals surface area contributed by atoms with E-state index in [1.807, 2.05) is 6.92 Å². The van der Waals surface area contributed by atoms with Crippen LogP contribution in [0.3, 0.4) is 0 Å². The Morgan fingerprint density at radius 3 is 3.09 bits per heavy atom. The van der Waals surface area contributed by atoms with Crippen molar-refractivity contribution in [2.75, 3.05) is 6.61 Å². The molecule has 61 valence electrons. The highest BCUT2D eigenvalue weighted by molar-refractivity contribution is 6.31. The molecule has 1 heterocycles. The van der Waals surface area contributed by atoms with Crippen LogP contribution in [0.4, 0.5) is 0 Å². The van der Waals surface area contributed by atoms with E-state index >= 15 is 0 Å². The van der Waals surface area contributed by atoms with Crippen LogP contribution in [0.25, 0.3) is 0 Å². The molecule has 0 bridgehead atoms. The van der Waals surface area contributed by atoms with Crippen LogP contribution in [0.5, 0.6) is 0 Å². The van der Waals surface area contributed by atoms with Crippen LogP contribution in [-0.4, -0.2) is 17.7 Å². The predicted molar refractivity (Wildman–Crippen MR) is 42.0 cm³/mol. The second-order valence-electron chi connectivity index (χ2n) is 1.81. The summed E-state index contributed by atoms with van der Waals surface area (Å²) in [5.41, 5.74) is 0. The van der Waals surface area contributed by atoms with Gasteiger partial charge >= 0.3 is 0 Å². The van der Waals surface area contributed by atoms with Crippen LogP contribution in [0.15, 0.2) is 15.9 Å². The number of hydrogen-bond donors (Lipinski definition) is 2. The monoisotopic (exact) mass is 175 g/mol. The number of halogens is 1. The number of aliphatic hydroxyl groups excluding tert-OH is 1. The van der Waals surface area contributed by atoms with E-state index in [9.17, 15) is 0 Å². The highest BCUT2D eigenvalue weighted by atomic mass is 35.5. The van der Waals surface area contributed by atoms with Gasteiger partial charge in [-0.3, -0.25) is 0 Å². The SMILES string of the molecule is CCOC1=NC(O)=C(Cl)[CH]N1. The normalized spacial score (nSPS) is 17.5. The fraction of sp³-hybridized carbons (Fsp3) is 0.333. The second kappa shape index (κ2) is 3.48. The van der Waals surface area contributed by atoms with Crippen LogP contribution >= 0.6 is 11.6 Å². The van der Waals surface area contributed by atoms with E-state index in [0.717, 1.165) is 0 Å². The summed E-state index contributed by atoms with van der Waals surface area (Å²) < 4.78 is 4.96. The lowest BCUT2D eigenvalue weighted by Gasteiger charge is -2.12. The van der Waals surface area contributed by atoms with Gasteiger partial charge in [0.1, 0.15) is 5.03 Å². The Balaban J connectivity index is 2.64. The maximum atomic E-state index is 8.98. The molecule has 4 nitrogen and oxygen atoms in total. The Labute approximate surface area is 69.5 Å². The molecule has 0 atom stereocenters. The summed E-state index contributed by atoms with van der Waals surface area (Å²) in [6, 6.07) is 0.259. The first-order valence-corrected chi connectivity index (χ1v) is 3.52. The number of rotatable bonds is 1. The average Bonchev–Trinajstić information content (AvgIpc) is 1.98. The first-order valence-electron chi connectivity index (χ1n) is 3.14. The van der Waals surface area contributed by atoms with Crippen molar-refractivity contribution in [2.24, 2.45) is 4.99 Å². The fourth-order valence-corrected chi connectivity index (χ4v) is 0.679. The largest absolute Gasteiger partial charge is 0.492 e. The number of nitrogens with one attached hydrogen (secondary N) is 1. The molecule has 1 aliphatic heterocycles.